The lowest BCUT2D eigenvalue weighted by Gasteiger charge is -2.27. The van der Waals surface area contributed by atoms with Crippen LogP contribution in [0.25, 0.3) is 0 Å². The van der Waals surface area contributed by atoms with E-state index >= 15 is 0 Å². The molecule has 1 aliphatic rings. The summed E-state index contributed by atoms with van der Waals surface area (Å²) >= 11 is 11.7. The first-order valence-corrected chi connectivity index (χ1v) is 12.1. The molecule has 1 atom stereocenters. The Labute approximate surface area is 212 Å². The predicted molar refractivity (Wildman–Crippen MR) is 131 cm³/mol. The summed E-state index contributed by atoms with van der Waals surface area (Å²) in [5.74, 6) is 5.58. The predicted octanol–water partition coefficient (Wildman–Crippen LogP) is 5.75. The van der Waals surface area contributed by atoms with Crippen molar-refractivity contribution >= 4 is 51.6 Å². The molecule has 0 saturated carbocycles. The van der Waals surface area contributed by atoms with Crippen LogP contribution in [0.15, 0.2) is 52.5 Å². The number of benzene rings is 1. The van der Waals surface area contributed by atoms with Crippen LogP contribution in [0.2, 0.25) is 10.0 Å². The quantitative estimate of drug-likeness (QED) is 0.488. The minimum absolute atomic E-state index is 0.0230. The van der Waals surface area contributed by atoms with Crippen molar-refractivity contribution in [2.24, 2.45) is 4.99 Å². The number of rotatable bonds is 5. The number of amides is 1. The summed E-state index contributed by atoms with van der Waals surface area (Å²) in [5.41, 5.74) is -1.29. The van der Waals surface area contributed by atoms with Crippen molar-refractivity contribution < 1.29 is 22.2 Å². The maximum atomic E-state index is 13.5. The summed E-state index contributed by atoms with van der Waals surface area (Å²) in [5, 5.41) is -0.397. The number of anilines is 1. The van der Waals surface area contributed by atoms with Crippen molar-refractivity contribution in [1.29, 1.82) is 0 Å². The van der Waals surface area contributed by atoms with E-state index in [9.17, 15) is 22.2 Å². The van der Waals surface area contributed by atoms with Gasteiger partial charge in [-0.15, -0.1) is 0 Å². The molecule has 1 aromatic carbocycles. The van der Waals surface area contributed by atoms with E-state index in [2.05, 4.69) is 26.5 Å². The number of aliphatic imine (C=N–C) groups is 1. The molecule has 0 bridgehead atoms. The third-order valence-corrected chi connectivity index (χ3v) is 6.25. The van der Waals surface area contributed by atoms with Gasteiger partial charge in [0, 0.05) is 18.7 Å². The molecule has 184 valence electrons. The van der Waals surface area contributed by atoms with Crippen LogP contribution in [0.5, 0.6) is 0 Å². The van der Waals surface area contributed by atoms with Gasteiger partial charge in [-0.05, 0) is 44.2 Å². The molecule has 3 rings (SSSR count). The topological polar surface area (TPSA) is 74.7 Å². The number of pyridine rings is 1. The van der Waals surface area contributed by atoms with Gasteiger partial charge in [-0.25, -0.2) is 9.19 Å². The van der Waals surface area contributed by atoms with Gasteiger partial charge in [-0.3, -0.25) is 19.4 Å². The number of hydrogen-bond acceptors (Lipinski definition) is 4. The number of halogens is 5. The van der Waals surface area contributed by atoms with Crippen molar-refractivity contribution in [1.82, 2.24) is 9.88 Å². The fourth-order valence-electron chi connectivity index (χ4n) is 3.08. The second-order valence-corrected chi connectivity index (χ2v) is 9.52. The van der Waals surface area contributed by atoms with E-state index in [1.54, 1.807) is 26.0 Å². The van der Waals surface area contributed by atoms with Crippen LogP contribution in [-0.2, 0) is 17.2 Å². The summed E-state index contributed by atoms with van der Waals surface area (Å²) in [6.45, 7) is 3.77. The number of amidine groups is 1. The molecule has 1 aliphatic heterocycles. The minimum atomic E-state index is -4.73. The van der Waals surface area contributed by atoms with Gasteiger partial charge in [0.15, 0.2) is 5.69 Å². The standard InChI is InChI=1S/C23H19Cl2F3N4O2S/c1-14(2)32(20-7-5-3-4-6-10-29-20)22(33)21-19(11-15(24)13-30-21)31-35(34)16-8-9-18(25)17(12-16)23(26,27)28/h5,7-9,11-14,31H,3,10H2,1-2H3/b7-5-,29-20?. The van der Waals surface area contributed by atoms with E-state index in [1.165, 1.54) is 23.2 Å². The van der Waals surface area contributed by atoms with Crippen molar-refractivity contribution in [3.05, 3.63) is 63.9 Å². The van der Waals surface area contributed by atoms with Crippen LogP contribution in [0.1, 0.15) is 36.3 Å². The molecule has 1 unspecified atom stereocenters. The Kier molecular flexibility index (Phi) is 8.59. The first kappa shape index (κ1) is 26.7. The zero-order valence-corrected chi connectivity index (χ0v) is 20.8. The molecule has 0 spiro atoms. The Morgan fingerprint density at radius 2 is 1.97 bits per heavy atom. The van der Waals surface area contributed by atoms with Crippen LogP contribution in [0.4, 0.5) is 18.9 Å². The smallest absolute Gasteiger partial charge is 0.299 e. The first-order chi connectivity index (χ1) is 16.5. The Morgan fingerprint density at radius 1 is 1.23 bits per heavy atom. The summed E-state index contributed by atoms with van der Waals surface area (Å²) in [6, 6.07) is 3.86. The molecule has 0 radical (unpaired) electrons. The molecular formula is C23H19Cl2F3N4O2S. The average molecular weight is 543 g/mol. The highest BCUT2D eigenvalue weighted by Gasteiger charge is 2.34. The maximum Gasteiger partial charge on any atom is 0.417 e. The first-order valence-electron chi connectivity index (χ1n) is 10.2. The molecule has 0 aliphatic carbocycles. The molecule has 1 amide bonds. The van der Waals surface area contributed by atoms with Crippen LogP contribution < -0.4 is 4.72 Å². The van der Waals surface area contributed by atoms with Crippen LogP contribution in [0, 0.1) is 11.8 Å². The Balaban J connectivity index is 1.98. The third-order valence-electron chi connectivity index (χ3n) is 4.63. The van der Waals surface area contributed by atoms with Gasteiger partial charge in [-0.1, -0.05) is 41.1 Å². The van der Waals surface area contributed by atoms with Crippen molar-refractivity contribution in [3.63, 3.8) is 0 Å². The number of hydrogen-bond donors (Lipinski definition) is 1. The summed E-state index contributed by atoms with van der Waals surface area (Å²) < 4.78 is 55.2. The molecule has 1 N–H and O–H groups in total. The molecular weight excluding hydrogens is 524 g/mol. The molecule has 2 aromatic rings. The van der Waals surface area contributed by atoms with Gasteiger partial charge in [0.05, 0.1) is 26.2 Å². The van der Waals surface area contributed by atoms with Gasteiger partial charge in [0.2, 0.25) is 0 Å². The van der Waals surface area contributed by atoms with Crippen LogP contribution in [0.3, 0.4) is 0 Å². The van der Waals surface area contributed by atoms with Crippen LogP contribution >= 0.6 is 23.2 Å². The largest absolute Gasteiger partial charge is 0.417 e. The highest BCUT2D eigenvalue weighted by molar-refractivity contribution is 7.86. The van der Waals surface area contributed by atoms with Gasteiger partial charge < -0.3 is 0 Å². The SMILES string of the molecule is CC(C)N(C(=O)c1ncc(Cl)cc1NS(=O)c1ccc(Cl)c(C(F)(F)F)c1)C1=NCC#CC/C=C\1. The molecule has 12 heteroatoms. The van der Waals surface area contributed by atoms with E-state index in [0.29, 0.717) is 18.3 Å². The second kappa shape index (κ2) is 11.2. The Morgan fingerprint density at radius 3 is 2.66 bits per heavy atom. The second-order valence-electron chi connectivity index (χ2n) is 7.46. The number of nitrogens with zero attached hydrogens (tertiary/aromatic N) is 3. The Hall–Kier alpha value is -2.87. The molecule has 0 fully saturated rings. The van der Waals surface area contributed by atoms with E-state index in [-0.39, 0.29) is 33.9 Å². The van der Waals surface area contributed by atoms with E-state index in [4.69, 9.17) is 23.2 Å². The summed E-state index contributed by atoms with van der Waals surface area (Å²) in [4.78, 5) is 23.2. The molecule has 2 heterocycles. The Bertz CT molecular complexity index is 1280. The fourth-order valence-corrected chi connectivity index (χ4v) is 4.35. The normalized spacial score (nSPS) is 15.3. The highest BCUT2D eigenvalue weighted by atomic mass is 35.5. The monoisotopic (exact) mass is 542 g/mol. The zero-order valence-electron chi connectivity index (χ0n) is 18.5. The van der Waals surface area contributed by atoms with Gasteiger partial charge in [0.1, 0.15) is 23.4 Å². The third kappa shape index (κ3) is 6.63. The van der Waals surface area contributed by atoms with E-state index < -0.39 is 33.7 Å². The van der Waals surface area contributed by atoms with Gasteiger partial charge in [0.25, 0.3) is 5.91 Å². The number of nitrogens with one attached hydrogen (secondary N) is 1. The maximum absolute atomic E-state index is 13.5. The highest BCUT2D eigenvalue weighted by Crippen LogP contribution is 2.36. The lowest BCUT2D eigenvalue weighted by atomic mass is 10.2. The van der Waals surface area contributed by atoms with Gasteiger partial charge in [-0.2, -0.15) is 13.2 Å². The van der Waals surface area contributed by atoms with Crippen molar-refractivity contribution in [2.45, 2.75) is 37.4 Å². The average Bonchev–Trinajstić information content (AvgIpc) is 2.74. The summed E-state index contributed by atoms with van der Waals surface area (Å²) in [6.07, 6.45) is 0.469. The summed E-state index contributed by atoms with van der Waals surface area (Å²) in [7, 11) is -2.20. The number of allylic oxidation sites excluding steroid dienone is 1. The molecule has 0 saturated heterocycles. The number of carbonyl (C=O) groups excluding carboxylic acids is 1. The number of aromatic nitrogens is 1. The lowest BCUT2D eigenvalue weighted by molar-refractivity contribution is -0.137. The van der Waals surface area contributed by atoms with E-state index in [0.717, 1.165) is 6.07 Å². The van der Waals surface area contributed by atoms with E-state index in [1.807, 2.05) is 0 Å². The zero-order chi connectivity index (χ0) is 25.8. The lowest BCUT2D eigenvalue weighted by Crippen LogP contribution is -2.42. The fraction of sp³-hybridized carbons (Fsp3) is 0.261. The van der Waals surface area contributed by atoms with Crippen LogP contribution in [-0.4, -0.2) is 38.4 Å². The number of carbonyl (C=O) groups is 1. The molecule has 35 heavy (non-hydrogen) atoms. The van der Waals surface area contributed by atoms with Crippen molar-refractivity contribution in [3.8, 4) is 11.8 Å². The van der Waals surface area contributed by atoms with Crippen molar-refractivity contribution in [2.75, 3.05) is 11.3 Å². The van der Waals surface area contributed by atoms with Gasteiger partial charge >= 0.3 is 6.18 Å². The number of alkyl halides is 3. The minimum Gasteiger partial charge on any atom is -0.299 e. The molecule has 1 aromatic heterocycles. The molecule has 6 nitrogen and oxygen atoms in total.